The van der Waals surface area contributed by atoms with Gasteiger partial charge in [-0.3, -0.25) is 15.4 Å². The van der Waals surface area contributed by atoms with Gasteiger partial charge < -0.3 is 16.1 Å². The molecule has 0 radical (unpaired) electrons. The molecule has 0 aliphatic carbocycles. The van der Waals surface area contributed by atoms with Gasteiger partial charge in [-0.1, -0.05) is 11.6 Å². The summed E-state index contributed by atoms with van der Waals surface area (Å²) in [5.74, 6) is 4.65. The molecule has 19 heavy (non-hydrogen) atoms. The van der Waals surface area contributed by atoms with Gasteiger partial charge in [0.05, 0.1) is 11.3 Å². The number of nitrogens with two attached hydrogens (primary N) is 1. The number of carbonyl (C=O) groups is 2. The van der Waals surface area contributed by atoms with Crippen molar-refractivity contribution in [3.05, 3.63) is 28.8 Å². The van der Waals surface area contributed by atoms with Crippen molar-refractivity contribution in [3.63, 3.8) is 0 Å². The Hall–Kier alpha value is -1.79. The minimum Gasteiger partial charge on any atom is -0.355 e. The molecule has 104 valence electrons. The Morgan fingerprint density at radius 3 is 2.68 bits per heavy atom. The van der Waals surface area contributed by atoms with Crippen LogP contribution in [-0.2, 0) is 4.79 Å². The molecule has 7 heteroatoms. The van der Waals surface area contributed by atoms with E-state index in [9.17, 15) is 9.59 Å². The van der Waals surface area contributed by atoms with Gasteiger partial charge in [0.2, 0.25) is 5.91 Å². The van der Waals surface area contributed by atoms with Crippen molar-refractivity contribution in [2.24, 2.45) is 5.84 Å². The second-order valence-electron chi connectivity index (χ2n) is 3.92. The van der Waals surface area contributed by atoms with E-state index in [0.717, 1.165) is 0 Å². The SMILES string of the molecule is CCNC(=O)C(C)NC(=O)c1cc(Cl)ccc1NN. The highest BCUT2D eigenvalue weighted by atomic mass is 35.5. The van der Waals surface area contributed by atoms with E-state index in [2.05, 4.69) is 16.1 Å². The zero-order chi connectivity index (χ0) is 14.4. The summed E-state index contributed by atoms with van der Waals surface area (Å²) in [7, 11) is 0. The van der Waals surface area contributed by atoms with Crippen LogP contribution in [0.25, 0.3) is 0 Å². The first-order chi connectivity index (χ1) is 8.99. The van der Waals surface area contributed by atoms with Gasteiger partial charge in [0, 0.05) is 11.6 Å². The Labute approximate surface area is 116 Å². The van der Waals surface area contributed by atoms with Gasteiger partial charge in [0.1, 0.15) is 6.04 Å². The van der Waals surface area contributed by atoms with E-state index in [1.807, 2.05) is 0 Å². The van der Waals surface area contributed by atoms with Gasteiger partial charge in [-0.15, -0.1) is 0 Å². The zero-order valence-corrected chi connectivity index (χ0v) is 11.5. The number of anilines is 1. The Morgan fingerprint density at radius 1 is 1.42 bits per heavy atom. The average molecular weight is 285 g/mol. The van der Waals surface area contributed by atoms with Crippen molar-refractivity contribution in [3.8, 4) is 0 Å². The fourth-order valence-electron chi connectivity index (χ4n) is 1.50. The van der Waals surface area contributed by atoms with E-state index in [-0.39, 0.29) is 11.5 Å². The zero-order valence-electron chi connectivity index (χ0n) is 10.8. The van der Waals surface area contributed by atoms with Crippen LogP contribution in [0.2, 0.25) is 5.02 Å². The lowest BCUT2D eigenvalue weighted by Gasteiger charge is -2.15. The highest BCUT2D eigenvalue weighted by Crippen LogP contribution is 2.19. The Morgan fingerprint density at radius 2 is 2.11 bits per heavy atom. The van der Waals surface area contributed by atoms with Crippen LogP contribution in [0.5, 0.6) is 0 Å². The number of benzene rings is 1. The van der Waals surface area contributed by atoms with Gasteiger partial charge in [-0.25, -0.2) is 0 Å². The van der Waals surface area contributed by atoms with Crippen molar-refractivity contribution in [1.82, 2.24) is 10.6 Å². The molecular formula is C12H17ClN4O2. The summed E-state index contributed by atoms with van der Waals surface area (Å²) >= 11 is 5.84. The molecule has 0 heterocycles. The highest BCUT2D eigenvalue weighted by Gasteiger charge is 2.18. The normalized spacial score (nSPS) is 11.6. The van der Waals surface area contributed by atoms with Crippen LogP contribution >= 0.6 is 11.6 Å². The van der Waals surface area contributed by atoms with Gasteiger partial charge in [0.25, 0.3) is 5.91 Å². The predicted molar refractivity (Wildman–Crippen MR) is 74.9 cm³/mol. The van der Waals surface area contributed by atoms with E-state index in [0.29, 0.717) is 17.3 Å². The maximum atomic E-state index is 12.1. The quantitative estimate of drug-likeness (QED) is 0.477. The van der Waals surface area contributed by atoms with Crippen molar-refractivity contribution < 1.29 is 9.59 Å². The van der Waals surface area contributed by atoms with E-state index < -0.39 is 11.9 Å². The third-order valence-electron chi connectivity index (χ3n) is 2.47. The lowest BCUT2D eigenvalue weighted by Crippen LogP contribution is -2.44. The average Bonchev–Trinajstić information content (AvgIpc) is 2.38. The van der Waals surface area contributed by atoms with E-state index >= 15 is 0 Å². The number of nitrogen functional groups attached to an aromatic ring is 1. The third kappa shape index (κ3) is 4.11. The second kappa shape index (κ2) is 6.96. The first kappa shape index (κ1) is 15.3. The lowest BCUT2D eigenvalue weighted by molar-refractivity contribution is -0.122. The Balaban J connectivity index is 2.83. The molecular weight excluding hydrogens is 268 g/mol. The van der Waals surface area contributed by atoms with Crippen LogP contribution in [0.1, 0.15) is 24.2 Å². The molecule has 1 aromatic rings. The standard InChI is InChI=1S/C12H17ClN4O2/c1-3-15-11(18)7(2)16-12(19)9-6-8(13)4-5-10(9)17-14/h4-7,17H,3,14H2,1-2H3,(H,15,18)(H,16,19). The molecule has 0 fully saturated rings. The van der Waals surface area contributed by atoms with Crippen LogP contribution in [-0.4, -0.2) is 24.4 Å². The number of nitrogens with one attached hydrogen (secondary N) is 3. The molecule has 6 nitrogen and oxygen atoms in total. The first-order valence-corrected chi connectivity index (χ1v) is 6.22. The summed E-state index contributed by atoms with van der Waals surface area (Å²) in [5, 5.41) is 5.61. The number of likely N-dealkylation sites (N-methyl/N-ethyl adjacent to an activating group) is 1. The number of hydrazine groups is 1. The molecule has 0 aliphatic heterocycles. The summed E-state index contributed by atoms with van der Waals surface area (Å²) in [5.41, 5.74) is 3.13. The van der Waals surface area contributed by atoms with Gasteiger partial charge >= 0.3 is 0 Å². The summed E-state index contributed by atoms with van der Waals surface area (Å²) < 4.78 is 0. The van der Waals surface area contributed by atoms with Gasteiger partial charge in [-0.05, 0) is 32.0 Å². The molecule has 1 unspecified atom stereocenters. The van der Waals surface area contributed by atoms with Crippen LogP contribution in [0.4, 0.5) is 5.69 Å². The second-order valence-corrected chi connectivity index (χ2v) is 4.36. The van der Waals surface area contributed by atoms with Gasteiger partial charge in [0.15, 0.2) is 0 Å². The Kier molecular flexibility index (Phi) is 5.59. The third-order valence-corrected chi connectivity index (χ3v) is 2.71. The topological polar surface area (TPSA) is 96.2 Å². The number of carbonyl (C=O) groups excluding carboxylic acids is 2. The molecule has 1 rings (SSSR count). The van der Waals surface area contributed by atoms with Crippen LogP contribution in [0, 0.1) is 0 Å². The molecule has 0 aliphatic rings. The molecule has 0 aromatic heterocycles. The molecule has 1 aromatic carbocycles. The molecule has 0 bridgehead atoms. The fourth-order valence-corrected chi connectivity index (χ4v) is 1.67. The number of hydrogen-bond acceptors (Lipinski definition) is 4. The van der Waals surface area contributed by atoms with Crippen LogP contribution in [0.15, 0.2) is 18.2 Å². The molecule has 0 saturated carbocycles. The number of halogens is 1. The van der Waals surface area contributed by atoms with E-state index in [1.54, 1.807) is 26.0 Å². The van der Waals surface area contributed by atoms with Crippen molar-refractivity contribution in [1.29, 1.82) is 0 Å². The van der Waals surface area contributed by atoms with Crippen molar-refractivity contribution in [2.45, 2.75) is 19.9 Å². The fraction of sp³-hybridized carbons (Fsp3) is 0.333. The summed E-state index contributed by atoms with van der Waals surface area (Å²) in [6, 6.07) is 4.04. The molecule has 1 atom stereocenters. The molecule has 5 N–H and O–H groups in total. The smallest absolute Gasteiger partial charge is 0.254 e. The summed E-state index contributed by atoms with van der Waals surface area (Å²) in [4.78, 5) is 23.6. The largest absolute Gasteiger partial charge is 0.355 e. The maximum Gasteiger partial charge on any atom is 0.254 e. The van der Waals surface area contributed by atoms with Crippen LogP contribution < -0.4 is 21.9 Å². The number of amides is 2. The maximum absolute atomic E-state index is 12.1. The molecule has 0 spiro atoms. The van der Waals surface area contributed by atoms with Gasteiger partial charge in [-0.2, -0.15) is 0 Å². The Bertz CT molecular complexity index is 479. The lowest BCUT2D eigenvalue weighted by atomic mass is 10.1. The summed E-state index contributed by atoms with van der Waals surface area (Å²) in [6.45, 7) is 3.91. The number of hydrogen-bond donors (Lipinski definition) is 4. The minimum atomic E-state index is -0.642. The van der Waals surface area contributed by atoms with Crippen molar-refractivity contribution in [2.75, 3.05) is 12.0 Å². The van der Waals surface area contributed by atoms with Crippen molar-refractivity contribution >= 4 is 29.1 Å². The predicted octanol–water partition coefficient (Wildman–Crippen LogP) is 0.880. The monoisotopic (exact) mass is 284 g/mol. The van der Waals surface area contributed by atoms with Crippen LogP contribution in [0.3, 0.4) is 0 Å². The highest BCUT2D eigenvalue weighted by molar-refractivity contribution is 6.31. The molecule has 0 saturated heterocycles. The number of rotatable bonds is 5. The summed E-state index contributed by atoms with van der Waals surface area (Å²) in [6.07, 6.45) is 0. The molecule has 2 amide bonds. The van der Waals surface area contributed by atoms with E-state index in [1.165, 1.54) is 6.07 Å². The van der Waals surface area contributed by atoms with E-state index in [4.69, 9.17) is 17.4 Å². The first-order valence-electron chi connectivity index (χ1n) is 5.84. The minimum absolute atomic E-state index is 0.250.